The molecule has 0 fully saturated rings. The van der Waals surface area contributed by atoms with Crippen molar-refractivity contribution >= 4 is 34.6 Å². The highest BCUT2D eigenvalue weighted by atomic mass is 16.6. The molecule has 0 aliphatic rings. The van der Waals surface area contributed by atoms with Gasteiger partial charge in [0.15, 0.2) is 17.0 Å². The van der Waals surface area contributed by atoms with E-state index in [4.69, 9.17) is 18.9 Å². The summed E-state index contributed by atoms with van der Waals surface area (Å²) in [5.74, 6) is -0.658. The monoisotopic (exact) mass is 699 g/mol. The second-order valence-electron chi connectivity index (χ2n) is 14.5. The number of nitrogens with zero attached hydrogens (tertiary/aromatic N) is 3. The summed E-state index contributed by atoms with van der Waals surface area (Å²) < 4.78 is 23.8. The van der Waals surface area contributed by atoms with Gasteiger partial charge in [0.1, 0.15) is 11.2 Å². The van der Waals surface area contributed by atoms with Crippen LogP contribution in [0, 0.1) is 6.92 Å². The molecule has 0 saturated carbocycles. The molecule has 0 saturated heterocycles. The average Bonchev–Trinajstić information content (AvgIpc) is 3.01. The van der Waals surface area contributed by atoms with Gasteiger partial charge in [0.05, 0.1) is 18.4 Å². The molecule has 0 aliphatic carbocycles. The van der Waals surface area contributed by atoms with Crippen LogP contribution in [-0.2, 0) is 26.2 Å². The smallest absolute Gasteiger partial charge is 0.439 e. The molecule has 272 valence electrons. The third kappa shape index (κ3) is 9.08. The SMILES string of the molecule is CCOc1cc(C(Cc2ccccc2)(C(=O)O)N(c2cc3ccncc3cc2C)N(C(=O)OC(C)(C)C)C(=O)OC(C)(C)C)ccc1OC(C)C. The Hall–Kier alpha value is -5.32. The van der Waals surface area contributed by atoms with Gasteiger partial charge in [-0.3, -0.25) is 4.98 Å². The van der Waals surface area contributed by atoms with Gasteiger partial charge in [-0.25, -0.2) is 19.4 Å². The molecule has 3 aromatic carbocycles. The number of fused-ring (bicyclic) bond motifs is 1. The number of aryl methyl sites for hydroxylation is 1. The van der Waals surface area contributed by atoms with Crippen molar-refractivity contribution in [3.8, 4) is 11.5 Å². The number of hydrogen-bond donors (Lipinski definition) is 1. The molecule has 0 spiro atoms. The minimum absolute atomic E-state index is 0.199. The first-order valence-corrected chi connectivity index (χ1v) is 17.0. The van der Waals surface area contributed by atoms with Crippen LogP contribution >= 0.6 is 0 Å². The molecule has 11 nitrogen and oxygen atoms in total. The summed E-state index contributed by atoms with van der Waals surface area (Å²) >= 11 is 0. The van der Waals surface area contributed by atoms with Gasteiger partial charge >= 0.3 is 18.2 Å². The highest BCUT2D eigenvalue weighted by Gasteiger charge is 2.54. The Balaban J connectivity index is 2.22. The first-order valence-electron chi connectivity index (χ1n) is 17.0. The average molecular weight is 700 g/mol. The van der Waals surface area contributed by atoms with Gasteiger partial charge in [0, 0.05) is 24.2 Å². The van der Waals surface area contributed by atoms with Crippen LogP contribution < -0.4 is 14.5 Å². The van der Waals surface area contributed by atoms with Crippen LogP contribution in [0.15, 0.2) is 79.1 Å². The van der Waals surface area contributed by atoms with Crippen LogP contribution in [0.25, 0.3) is 10.8 Å². The quantitative estimate of drug-likeness (QED) is 0.152. The molecule has 4 aromatic rings. The fourth-order valence-corrected chi connectivity index (χ4v) is 5.66. The molecule has 11 heteroatoms. The van der Waals surface area contributed by atoms with E-state index in [1.165, 1.54) is 5.01 Å². The number of hydrazine groups is 1. The predicted molar refractivity (Wildman–Crippen MR) is 196 cm³/mol. The summed E-state index contributed by atoms with van der Waals surface area (Å²) in [4.78, 5) is 47.6. The number of carbonyl (C=O) groups excluding carboxylic acids is 2. The number of anilines is 1. The van der Waals surface area contributed by atoms with E-state index >= 15 is 0 Å². The number of rotatable bonds is 11. The van der Waals surface area contributed by atoms with Crippen molar-refractivity contribution in [2.24, 2.45) is 0 Å². The largest absolute Gasteiger partial charge is 0.490 e. The lowest BCUT2D eigenvalue weighted by molar-refractivity contribution is -0.145. The van der Waals surface area contributed by atoms with Crippen molar-refractivity contribution in [2.45, 2.75) is 98.5 Å². The maximum atomic E-state index is 14.5. The maximum Gasteiger partial charge on any atom is 0.439 e. The molecule has 51 heavy (non-hydrogen) atoms. The molecule has 4 rings (SSSR count). The number of ether oxygens (including phenoxy) is 4. The third-order valence-electron chi connectivity index (χ3n) is 7.62. The zero-order valence-electron chi connectivity index (χ0n) is 31.1. The summed E-state index contributed by atoms with van der Waals surface area (Å²) in [7, 11) is 0. The molecule has 1 aromatic heterocycles. The fraction of sp³-hybridized carbons (Fsp3) is 0.400. The number of carboxylic acid groups (broad SMARTS) is 1. The summed E-state index contributed by atoms with van der Waals surface area (Å²) in [6.07, 6.45) is 0.622. The second-order valence-corrected chi connectivity index (χ2v) is 14.5. The number of imide groups is 1. The lowest BCUT2D eigenvalue weighted by Gasteiger charge is -2.47. The number of aliphatic carboxylic acids is 1. The Morgan fingerprint density at radius 1 is 0.824 bits per heavy atom. The van der Waals surface area contributed by atoms with Crippen LogP contribution in [0.5, 0.6) is 11.5 Å². The molecular formula is C40H49N3O8. The van der Waals surface area contributed by atoms with E-state index in [1.807, 2.05) is 32.9 Å². The Kier molecular flexibility index (Phi) is 11.5. The molecule has 0 bridgehead atoms. The first-order chi connectivity index (χ1) is 23.9. The Morgan fingerprint density at radius 2 is 1.45 bits per heavy atom. The van der Waals surface area contributed by atoms with Crippen molar-refractivity contribution in [1.29, 1.82) is 0 Å². The summed E-state index contributed by atoms with van der Waals surface area (Å²) in [6.45, 7) is 17.6. The minimum atomic E-state index is -2.21. The van der Waals surface area contributed by atoms with Gasteiger partial charge in [0.25, 0.3) is 0 Å². The summed E-state index contributed by atoms with van der Waals surface area (Å²) in [5, 5.41) is 15.1. The zero-order chi connectivity index (χ0) is 37.7. The number of amides is 2. The lowest BCUT2D eigenvalue weighted by Crippen LogP contribution is -2.65. The fourth-order valence-electron chi connectivity index (χ4n) is 5.66. The van der Waals surface area contributed by atoms with E-state index < -0.39 is 34.9 Å². The van der Waals surface area contributed by atoms with Gasteiger partial charge in [-0.15, -0.1) is 5.01 Å². The van der Waals surface area contributed by atoms with Gasteiger partial charge in [-0.1, -0.05) is 36.4 Å². The van der Waals surface area contributed by atoms with Crippen LogP contribution in [0.3, 0.4) is 0 Å². The molecule has 0 aliphatic heterocycles. The van der Waals surface area contributed by atoms with Crippen molar-refractivity contribution in [2.75, 3.05) is 11.6 Å². The highest BCUT2D eigenvalue weighted by Crippen LogP contribution is 2.44. The minimum Gasteiger partial charge on any atom is -0.490 e. The number of aromatic nitrogens is 1. The lowest BCUT2D eigenvalue weighted by atomic mass is 9.81. The van der Waals surface area contributed by atoms with Crippen LogP contribution in [0.2, 0.25) is 0 Å². The van der Waals surface area contributed by atoms with Gasteiger partial charge < -0.3 is 24.1 Å². The van der Waals surface area contributed by atoms with Crippen molar-refractivity contribution in [3.63, 3.8) is 0 Å². The van der Waals surface area contributed by atoms with Gasteiger partial charge in [-0.05, 0) is 122 Å². The molecule has 1 atom stereocenters. The van der Waals surface area contributed by atoms with Gasteiger partial charge in [0.2, 0.25) is 0 Å². The van der Waals surface area contributed by atoms with Crippen molar-refractivity contribution in [1.82, 2.24) is 9.99 Å². The van der Waals surface area contributed by atoms with E-state index in [0.29, 0.717) is 33.0 Å². The van der Waals surface area contributed by atoms with Crippen molar-refractivity contribution in [3.05, 3.63) is 95.8 Å². The van der Waals surface area contributed by atoms with E-state index in [2.05, 4.69) is 4.98 Å². The Bertz CT molecular complexity index is 1840. The topological polar surface area (TPSA) is 128 Å². The number of carbonyl (C=O) groups is 3. The third-order valence-corrected chi connectivity index (χ3v) is 7.62. The summed E-state index contributed by atoms with van der Waals surface area (Å²) in [5.41, 5.74) is -2.75. The highest BCUT2D eigenvalue weighted by molar-refractivity contribution is 5.97. The van der Waals surface area contributed by atoms with E-state index in [9.17, 15) is 19.5 Å². The van der Waals surface area contributed by atoms with Crippen LogP contribution in [0.1, 0.15) is 79.0 Å². The zero-order valence-corrected chi connectivity index (χ0v) is 31.1. The number of benzene rings is 3. The standard InChI is InChI=1S/C40H49N3O8/c1-11-48-34-23-31(17-18-33(34)49-26(2)3)40(35(44)45,24-28-15-13-12-14-16-28)43(32-22-29-19-20-41-25-30(29)21-27(32)4)42(36(46)50-38(5,6)7)37(47)51-39(8,9)10/h12-23,25-26H,11,24H2,1-10H3,(H,44,45). The molecular weight excluding hydrogens is 650 g/mol. The van der Waals surface area contributed by atoms with Gasteiger partial charge in [-0.2, -0.15) is 0 Å². The number of carboxylic acids is 1. The normalized spacial score (nSPS) is 12.9. The van der Waals surface area contributed by atoms with E-state index in [1.54, 1.807) is 115 Å². The molecule has 0 radical (unpaired) electrons. The molecule has 2 amide bonds. The van der Waals surface area contributed by atoms with E-state index in [0.717, 1.165) is 5.39 Å². The Morgan fingerprint density at radius 3 is 2.00 bits per heavy atom. The molecule has 1 heterocycles. The van der Waals surface area contributed by atoms with E-state index in [-0.39, 0.29) is 30.4 Å². The first kappa shape index (κ1) is 38.5. The van der Waals surface area contributed by atoms with Crippen LogP contribution in [-0.4, -0.2) is 57.2 Å². The van der Waals surface area contributed by atoms with Crippen LogP contribution in [0.4, 0.5) is 15.3 Å². The maximum absolute atomic E-state index is 14.5. The predicted octanol–water partition coefficient (Wildman–Crippen LogP) is 8.85. The second kappa shape index (κ2) is 15.3. The molecule has 1 N–H and O–H groups in total. The molecule has 1 unspecified atom stereocenters. The Labute approximate surface area is 300 Å². The number of hydrogen-bond acceptors (Lipinski definition) is 9. The van der Waals surface area contributed by atoms with Crippen molar-refractivity contribution < 1.29 is 38.4 Å². The number of pyridine rings is 1. The summed E-state index contributed by atoms with van der Waals surface area (Å²) in [6, 6.07) is 19.2.